The summed E-state index contributed by atoms with van der Waals surface area (Å²) in [5.74, 6) is 0.784. The highest BCUT2D eigenvalue weighted by molar-refractivity contribution is 5.90. The van der Waals surface area contributed by atoms with Crippen molar-refractivity contribution in [2.75, 3.05) is 18.1 Å². The molecule has 4 rings (SSSR count). The number of aromatic nitrogens is 4. The van der Waals surface area contributed by atoms with Gasteiger partial charge in [-0.05, 0) is 43.7 Å². The van der Waals surface area contributed by atoms with Gasteiger partial charge in [0.1, 0.15) is 18.2 Å². The zero-order chi connectivity index (χ0) is 22.7. The van der Waals surface area contributed by atoms with Crippen molar-refractivity contribution in [3.63, 3.8) is 0 Å². The van der Waals surface area contributed by atoms with E-state index in [1.54, 1.807) is 12.3 Å². The fraction of sp³-hybridized carbons (Fsp3) is 0.304. The number of amides is 2. The smallest absolute Gasteiger partial charge is 0.416 e. The van der Waals surface area contributed by atoms with Crippen LogP contribution in [0.25, 0.3) is 11.4 Å². The number of ether oxygens (including phenoxy) is 1. The van der Waals surface area contributed by atoms with Gasteiger partial charge in [0.15, 0.2) is 0 Å². The molecule has 0 spiro atoms. The van der Waals surface area contributed by atoms with Gasteiger partial charge in [-0.25, -0.2) is 14.8 Å². The predicted octanol–water partition coefficient (Wildman–Crippen LogP) is 2.60. The van der Waals surface area contributed by atoms with Gasteiger partial charge in [0.2, 0.25) is 5.91 Å². The third-order valence-electron chi connectivity index (χ3n) is 5.03. The van der Waals surface area contributed by atoms with Crippen molar-refractivity contribution in [1.29, 1.82) is 0 Å². The number of aryl methyl sites for hydroxylation is 2. The number of hydrogen-bond donors (Lipinski definition) is 1. The number of pyridine rings is 2. The van der Waals surface area contributed by atoms with Crippen LogP contribution in [0.4, 0.5) is 10.6 Å². The molecule has 1 fully saturated rings. The molecule has 9 nitrogen and oxygen atoms in total. The Morgan fingerprint density at radius 3 is 2.72 bits per heavy atom. The molecule has 4 heterocycles. The van der Waals surface area contributed by atoms with E-state index >= 15 is 0 Å². The van der Waals surface area contributed by atoms with Crippen LogP contribution in [0.1, 0.15) is 29.7 Å². The molecule has 0 aromatic carbocycles. The Morgan fingerprint density at radius 1 is 1.12 bits per heavy atom. The summed E-state index contributed by atoms with van der Waals surface area (Å²) in [4.78, 5) is 43.6. The molecule has 164 valence electrons. The third-order valence-corrected chi connectivity index (χ3v) is 5.03. The maximum absolute atomic E-state index is 12.6. The van der Waals surface area contributed by atoms with Gasteiger partial charge in [-0.3, -0.25) is 19.7 Å². The molecular weight excluding hydrogens is 408 g/mol. The van der Waals surface area contributed by atoms with Crippen LogP contribution in [0.3, 0.4) is 0 Å². The van der Waals surface area contributed by atoms with Crippen molar-refractivity contribution in [3.05, 3.63) is 65.4 Å². The topological polar surface area (TPSA) is 110 Å². The monoisotopic (exact) mass is 432 g/mol. The second-order valence-corrected chi connectivity index (χ2v) is 7.71. The van der Waals surface area contributed by atoms with Gasteiger partial charge in [-0.1, -0.05) is 6.07 Å². The van der Waals surface area contributed by atoms with Crippen molar-refractivity contribution >= 4 is 17.8 Å². The molecule has 3 aromatic rings. The van der Waals surface area contributed by atoms with Crippen molar-refractivity contribution in [2.45, 2.75) is 33.2 Å². The molecule has 2 amide bonds. The van der Waals surface area contributed by atoms with Crippen molar-refractivity contribution < 1.29 is 14.3 Å². The van der Waals surface area contributed by atoms with Crippen molar-refractivity contribution in [3.8, 4) is 11.4 Å². The summed E-state index contributed by atoms with van der Waals surface area (Å²) in [5.41, 5.74) is 4.07. The summed E-state index contributed by atoms with van der Waals surface area (Å²) < 4.78 is 5.25. The number of hydrogen-bond acceptors (Lipinski definition) is 7. The molecule has 32 heavy (non-hydrogen) atoms. The average molecular weight is 432 g/mol. The molecule has 1 aliphatic rings. The Hall–Kier alpha value is -3.88. The highest BCUT2D eigenvalue weighted by Crippen LogP contribution is 2.26. The summed E-state index contributed by atoms with van der Waals surface area (Å²) in [6, 6.07) is 11.0. The van der Waals surface area contributed by atoms with Crippen molar-refractivity contribution in [2.24, 2.45) is 0 Å². The number of carbonyl (C=O) groups is 2. The number of carbonyl (C=O) groups excluding carboxylic acids is 2. The molecular formula is C23H24N6O3. The van der Waals surface area contributed by atoms with Gasteiger partial charge in [0.05, 0.1) is 17.4 Å². The summed E-state index contributed by atoms with van der Waals surface area (Å²) in [6.07, 6.45) is 1.71. The fourth-order valence-electron chi connectivity index (χ4n) is 3.55. The lowest BCUT2D eigenvalue weighted by Gasteiger charge is -2.21. The molecule has 0 radical (unpaired) electrons. The zero-order valence-electron chi connectivity index (χ0n) is 18.2. The van der Waals surface area contributed by atoms with E-state index < -0.39 is 6.09 Å². The minimum Gasteiger partial charge on any atom is -0.447 e. The maximum Gasteiger partial charge on any atom is 0.416 e. The van der Waals surface area contributed by atoms with Gasteiger partial charge in [0, 0.05) is 43.5 Å². The second-order valence-electron chi connectivity index (χ2n) is 7.71. The minimum absolute atomic E-state index is 0.167. The van der Waals surface area contributed by atoms with E-state index in [0.717, 1.165) is 17.0 Å². The van der Waals surface area contributed by atoms with Crippen LogP contribution in [-0.2, 0) is 16.0 Å². The summed E-state index contributed by atoms with van der Waals surface area (Å²) in [6.45, 7) is 5.70. The van der Waals surface area contributed by atoms with E-state index in [-0.39, 0.29) is 25.1 Å². The van der Waals surface area contributed by atoms with Gasteiger partial charge >= 0.3 is 6.09 Å². The molecule has 1 N–H and O–H groups in total. The highest BCUT2D eigenvalue weighted by atomic mass is 16.6. The first-order valence-corrected chi connectivity index (χ1v) is 10.3. The van der Waals surface area contributed by atoms with Gasteiger partial charge in [-0.15, -0.1) is 0 Å². The quantitative estimate of drug-likeness (QED) is 0.637. The van der Waals surface area contributed by atoms with Gasteiger partial charge in [-0.2, -0.15) is 0 Å². The van der Waals surface area contributed by atoms with E-state index in [2.05, 4.69) is 20.3 Å². The SMILES string of the molecule is CC(=O)NCC1COC(=O)N1c1cc(-c2cccc(C)n2)nc(Cc2ccnc(C)c2)n1. The van der Waals surface area contributed by atoms with E-state index in [1.807, 2.05) is 44.2 Å². The number of rotatable bonds is 6. The van der Waals surface area contributed by atoms with Crippen LogP contribution < -0.4 is 10.2 Å². The Balaban J connectivity index is 1.75. The van der Waals surface area contributed by atoms with Crippen LogP contribution in [0.15, 0.2) is 42.6 Å². The largest absolute Gasteiger partial charge is 0.447 e. The summed E-state index contributed by atoms with van der Waals surface area (Å²) in [5, 5.41) is 2.75. The number of anilines is 1. The number of cyclic esters (lactones) is 1. The molecule has 0 aliphatic carbocycles. The van der Waals surface area contributed by atoms with E-state index in [4.69, 9.17) is 9.72 Å². The van der Waals surface area contributed by atoms with Crippen molar-refractivity contribution in [1.82, 2.24) is 25.3 Å². The Labute approximate surface area is 185 Å². The Kier molecular flexibility index (Phi) is 6.07. The Morgan fingerprint density at radius 2 is 1.97 bits per heavy atom. The first kappa shape index (κ1) is 21.4. The zero-order valence-corrected chi connectivity index (χ0v) is 18.2. The Bertz CT molecular complexity index is 1170. The van der Waals surface area contributed by atoms with E-state index in [0.29, 0.717) is 29.5 Å². The molecule has 9 heteroatoms. The summed E-state index contributed by atoms with van der Waals surface area (Å²) >= 11 is 0. The maximum atomic E-state index is 12.6. The molecule has 0 bridgehead atoms. The fourth-order valence-corrected chi connectivity index (χ4v) is 3.55. The highest BCUT2D eigenvalue weighted by Gasteiger charge is 2.35. The standard InChI is InChI=1S/C23H24N6O3/c1-14-5-4-6-19(26-14)20-11-22(29-18(12-25-16(3)30)13-32-23(29)31)28-21(27-20)10-17-7-8-24-15(2)9-17/h4-9,11,18H,10,12-13H2,1-3H3,(H,25,30). The first-order chi connectivity index (χ1) is 15.4. The lowest BCUT2D eigenvalue weighted by Crippen LogP contribution is -2.42. The van der Waals surface area contributed by atoms with Crippen LogP contribution in [0, 0.1) is 13.8 Å². The number of nitrogens with one attached hydrogen (secondary N) is 1. The summed E-state index contributed by atoms with van der Waals surface area (Å²) in [7, 11) is 0. The molecule has 1 saturated heterocycles. The van der Waals surface area contributed by atoms with Gasteiger partial charge in [0.25, 0.3) is 0 Å². The second kappa shape index (κ2) is 9.09. The van der Waals surface area contributed by atoms with E-state index in [1.165, 1.54) is 11.8 Å². The van der Waals surface area contributed by atoms with Crippen LogP contribution in [0.5, 0.6) is 0 Å². The molecule has 1 unspecified atom stereocenters. The normalized spacial score (nSPS) is 15.5. The number of nitrogens with zero attached hydrogens (tertiary/aromatic N) is 5. The molecule has 3 aromatic heterocycles. The molecule has 1 aliphatic heterocycles. The first-order valence-electron chi connectivity index (χ1n) is 10.3. The van der Waals surface area contributed by atoms with E-state index in [9.17, 15) is 9.59 Å². The van der Waals surface area contributed by atoms with Gasteiger partial charge < -0.3 is 10.1 Å². The third kappa shape index (κ3) is 4.88. The van der Waals surface area contributed by atoms with Crippen LogP contribution in [-0.4, -0.2) is 51.1 Å². The average Bonchev–Trinajstić information content (AvgIpc) is 3.12. The molecule has 1 atom stereocenters. The lowest BCUT2D eigenvalue weighted by atomic mass is 10.1. The minimum atomic E-state index is -0.507. The molecule has 0 saturated carbocycles. The lowest BCUT2D eigenvalue weighted by molar-refractivity contribution is -0.119. The predicted molar refractivity (Wildman–Crippen MR) is 118 cm³/mol. The van der Waals surface area contributed by atoms with Crippen LogP contribution in [0.2, 0.25) is 0 Å². The van der Waals surface area contributed by atoms with Crippen LogP contribution >= 0.6 is 0 Å².